The van der Waals surface area contributed by atoms with Crippen LogP contribution in [0.4, 0.5) is 17.5 Å². The lowest BCUT2D eigenvalue weighted by Crippen LogP contribution is -2.03. The van der Waals surface area contributed by atoms with Gasteiger partial charge < -0.3 is 15.4 Å². The average Bonchev–Trinajstić information content (AvgIpc) is 3.39. The van der Waals surface area contributed by atoms with Gasteiger partial charge in [-0.2, -0.15) is 4.98 Å². The highest BCUT2D eigenvalue weighted by Crippen LogP contribution is 2.39. The van der Waals surface area contributed by atoms with Crippen LogP contribution in [0, 0.1) is 0 Å². The first-order valence-corrected chi connectivity index (χ1v) is 8.15. The molecule has 0 atom stereocenters. The lowest BCUT2D eigenvalue weighted by atomic mass is 10.2. The first-order chi connectivity index (χ1) is 12.3. The molecule has 0 saturated heterocycles. The predicted molar refractivity (Wildman–Crippen MR) is 94.7 cm³/mol. The van der Waals surface area contributed by atoms with Crippen LogP contribution in [0.1, 0.15) is 24.5 Å². The van der Waals surface area contributed by atoms with Gasteiger partial charge in [-0.25, -0.2) is 9.67 Å². The van der Waals surface area contributed by atoms with Gasteiger partial charge in [0.15, 0.2) is 0 Å². The second-order valence-corrected chi connectivity index (χ2v) is 5.89. The molecule has 1 aliphatic rings. The molecule has 0 spiro atoms. The largest absolute Gasteiger partial charge is 0.494 e. The Labute approximate surface area is 145 Å². The molecule has 3 aromatic rings. The van der Waals surface area contributed by atoms with Gasteiger partial charge >= 0.3 is 0 Å². The van der Waals surface area contributed by atoms with Crippen molar-refractivity contribution in [3.8, 4) is 11.4 Å². The van der Waals surface area contributed by atoms with Crippen LogP contribution in [0.25, 0.3) is 5.69 Å². The third-order valence-electron chi connectivity index (χ3n) is 4.10. The number of aromatic nitrogens is 5. The molecule has 2 aromatic heterocycles. The monoisotopic (exact) mass is 337 g/mol. The number of methoxy groups -OCH3 is 1. The van der Waals surface area contributed by atoms with E-state index in [0.717, 1.165) is 28.6 Å². The molecule has 1 fully saturated rings. The summed E-state index contributed by atoms with van der Waals surface area (Å²) in [6.45, 7) is 0. The fourth-order valence-electron chi connectivity index (χ4n) is 2.59. The van der Waals surface area contributed by atoms with E-state index < -0.39 is 0 Å². The molecule has 2 heterocycles. The smallest absolute Gasteiger partial charge is 0.229 e. The van der Waals surface area contributed by atoms with E-state index in [1.807, 2.05) is 31.4 Å². The molecule has 0 bridgehead atoms. The zero-order valence-corrected chi connectivity index (χ0v) is 14.1. The molecule has 4 rings (SSSR count). The normalized spacial score (nSPS) is 13.5. The predicted octanol–water partition coefficient (Wildman–Crippen LogP) is 2.73. The average molecular weight is 337 g/mol. The minimum Gasteiger partial charge on any atom is -0.494 e. The third kappa shape index (κ3) is 3.23. The molecular weight excluding hydrogens is 318 g/mol. The van der Waals surface area contributed by atoms with E-state index in [4.69, 9.17) is 4.74 Å². The van der Waals surface area contributed by atoms with Gasteiger partial charge in [0.2, 0.25) is 5.95 Å². The van der Waals surface area contributed by atoms with E-state index in [9.17, 15) is 0 Å². The van der Waals surface area contributed by atoms with Crippen LogP contribution in [0.15, 0.2) is 36.7 Å². The second kappa shape index (κ2) is 6.39. The van der Waals surface area contributed by atoms with Gasteiger partial charge in [-0.15, -0.1) is 5.10 Å². The summed E-state index contributed by atoms with van der Waals surface area (Å²) in [6.07, 6.45) is 6.05. The number of hydrogen-bond donors (Lipinski definition) is 2. The molecule has 0 aliphatic heterocycles. The highest BCUT2D eigenvalue weighted by atomic mass is 16.5. The summed E-state index contributed by atoms with van der Waals surface area (Å²) < 4.78 is 7.22. The summed E-state index contributed by atoms with van der Waals surface area (Å²) in [5.41, 5.74) is 2.69. The number of benzene rings is 1. The van der Waals surface area contributed by atoms with Crippen molar-refractivity contribution >= 4 is 17.5 Å². The summed E-state index contributed by atoms with van der Waals surface area (Å²) in [5.74, 6) is 2.54. The quantitative estimate of drug-likeness (QED) is 0.715. The Morgan fingerprint density at radius 2 is 2.12 bits per heavy atom. The van der Waals surface area contributed by atoms with E-state index in [2.05, 4.69) is 30.9 Å². The third-order valence-corrected chi connectivity index (χ3v) is 4.10. The number of anilines is 3. The topological polar surface area (TPSA) is 89.8 Å². The van der Waals surface area contributed by atoms with Crippen molar-refractivity contribution in [1.82, 2.24) is 25.0 Å². The van der Waals surface area contributed by atoms with Gasteiger partial charge in [-0.1, -0.05) is 5.21 Å². The maximum atomic E-state index is 5.47. The van der Waals surface area contributed by atoms with Crippen LogP contribution in [0.2, 0.25) is 0 Å². The van der Waals surface area contributed by atoms with Crippen LogP contribution in [-0.2, 0) is 0 Å². The molecule has 0 amide bonds. The maximum Gasteiger partial charge on any atom is 0.229 e. The molecule has 128 valence electrons. The number of rotatable bonds is 6. The molecule has 1 aromatic carbocycles. The first kappa shape index (κ1) is 15.4. The highest BCUT2D eigenvalue weighted by Gasteiger charge is 2.27. The molecule has 0 unspecified atom stereocenters. The summed E-state index contributed by atoms with van der Waals surface area (Å²) in [5, 5.41) is 14.7. The van der Waals surface area contributed by atoms with Crippen molar-refractivity contribution in [2.75, 3.05) is 24.8 Å². The van der Waals surface area contributed by atoms with Gasteiger partial charge in [0.05, 0.1) is 19.0 Å². The van der Waals surface area contributed by atoms with Gasteiger partial charge in [-0.05, 0) is 37.1 Å². The van der Waals surface area contributed by atoms with Crippen LogP contribution in [0.3, 0.4) is 0 Å². The second-order valence-electron chi connectivity index (χ2n) is 5.89. The number of nitrogens with one attached hydrogen (secondary N) is 2. The Bertz CT molecular complexity index is 888. The lowest BCUT2D eigenvalue weighted by molar-refractivity contribution is 0.411. The van der Waals surface area contributed by atoms with Gasteiger partial charge in [0.25, 0.3) is 0 Å². The molecule has 2 N–H and O–H groups in total. The first-order valence-electron chi connectivity index (χ1n) is 8.15. The van der Waals surface area contributed by atoms with Crippen LogP contribution >= 0.6 is 0 Å². The van der Waals surface area contributed by atoms with Gasteiger partial charge in [0.1, 0.15) is 17.3 Å². The van der Waals surface area contributed by atoms with E-state index in [1.165, 1.54) is 12.8 Å². The molecular formula is C17H19N7O. The summed E-state index contributed by atoms with van der Waals surface area (Å²) in [7, 11) is 3.46. The lowest BCUT2D eigenvalue weighted by Gasteiger charge is -2.11. The fraction of sp³-hybridized carbons (Fsp3) is 0.294. The Kier molecular flexibility index (Phi) is 3.93. The zero-order chi connectivity index (χ0) is 17.2. The van der Waals surface area contributed by atoms with Crippen LogP contribution in [-0.4, -0.2) is 39.1 Å². The Morgan fingerprint density at radius 1 is 1.24 bits per heavy atom. The number of ether oxygens (including phenoxy) is 1. The summed E-state index contributed by atoms with van der Waals surface area (Å²) in [6, 6.07) is 7.55. The number of nitrogens with zero attached hydrogens (tertiary/aromatic N) is 5. The summed E-state index contributed by atoms with van der Waals surface area (Å²) >= 11 is 0. The van der Waals surface area contributed by atoms with Crippen molar-refractivity contribution < 1.29 is 4.74 Å². The van der Waals surface area contributed by atoms with E-state index >= 15 is 0 Å². The van der Waals surface area contributed by atoms with Crippen molar-refractivity contribution in [2.24, 2.45) is 0 Å². The fourth-order valence-corrected chi connectivity index (χ4v) is 2.59. The Morgan fingerprint density at radius 3 is 2.88 bits per heavy atom. The van der Waals surface area contributed by atoms with Gasteiger partial charge in [-0.3, -0.25) is 0 Å². The Hall–Kier alpha value is -3.16. The van der Waals surface area contributed by atoms with Crippen molar-refractivity contribution in [2.45, 2.75) is 18.8 Å². The molecule has 8 heteroatoms. The molecule has 0 radical (unpaired) electrons. The van der Waals surface area contributed by atoms with E-state index in [1.54, 1.807) is 24.1 Å². The standard InChI is InChI=1S/C17H19N7O/c1-18-16-7-8-19-17(21-16)20-12-5-6-15(25-2)14(9-12)24-10-13(22-23-24)11-3-4-11/h5-11H,3-4H2,1-2H3,(H2,18,19,20,21). The van der Waals surface area contributed by atoms with Crippen LogP contribution in [0.5, 0.6) is 5.75 Å². The minimum atomic E-state index is 0.514. The SMILES string of the molecule is CNc1ccnc(Nc2ccc(OC)c(-n3cc(C4CC4)nn3)c2)n1. The molecule has 1 aliphatic carbocycles. The highest BCUT2D eigenvalue weighted by molar-refractivity contribution is 5.62. The summed E-state index contributed by atoms with van der Waals surface area (Å²) in [4.78, 5) is 8.60. The van der Waals surface area contributed by atoms with Crippen molar-refractivity contribution in [3.05, 3.63) is 42.4 Å². The molecule has 25 heavy (non-hydrogen) atoms. The van der Waals surface area contributed by atoms with Gasteiger partial charge in [0, 0.05) is 24.8 Å². The maximum absolute atomic E-state index is 5.47. The van der Waals surface area contributed by atoms with Crippen molar-refractivity contribution in [1.29, 1.82) is 0 Å². The van der Waals surface area contributed by atoms with E-state index in [0.29, 0.717) is 11.9 Å². The van der Waals surface area contributed by atoms with E-state index in [-0.39, 0.29) is 0 Å². The number of hydrogen-bond acceptors (Lipinski definition) is 7. The van der Waals surface area contributed by atoms with Crippen molar-refractivity contribution in [3.63, 3.8) is 0 Å². The molecule has 1 saturated carbocycles. The Balaban J connectivity index is 1.64. The minimum absolute atomic E-state index is 0.514. The zero-order valence-electron chi connectivity index (χ0n) is 14.1. The van der Waals surface area contributed by atoms with Crippen LogP contribution < -0.4 is 15.4 Å². The molecule has 8 nitrogen and oxygen atoms in total.